The van der Waals surface area contributed by atoms with Gasteiger partial charge in [-0.3, -0.25) is 11.3 Å². The maximum Gasteiger partial charge on any atom is 0.130 e. The van der Waals surface area contributed by atoms with Crippen LogP contribution in [0.1, 0.15) is 11.6 Å². The van der Waals surface area contributed by atoms with Crippen molar-refractivity contribution < 1.29 is 8.78 Å². The lowest BCUT2D eigenvalue weighted by molar-refractivity contribution is 0.500. The van der Waals surface area contributed by atoms with E-state index in [9.17, 15) is 8.78 Å². The van der Waals surface area contributed by atoms with Crippen LogP contribution in [-0.4, -0.2) is 5.75 Å². The Morgan fingerprint density at radius 1 is 1.10 bits per heavy atom. The van der Waals surface area contributed by atoms with E-state index in [1.807, 2.05) is 24.3 Å². The zero-order chi connectivity index (χ0) is 14.5. The summed E-state index contributed by atoms with van der Waals surface area (Å²) in [6, 6.07) is 10.9. The molecule has 0 spiro atoms. The summed E-state index contributed by atoms with van der Waals surface area (Å²) in [6.07, 6.45) is 0. The van der Waals surface area contributed by atoms with Crippen molar-refractivity contribution in [2.45, 2.75) is 10.9 Å². The number of rotatable bonds is 5. The molecule has 2 rings (SSSR count). The molecule has 0 amide bonds. The van der Waals surface area contributed by atoms with Crippen LogP contribution in [0.5, 0.6) is 0 Å². The van der Waals surface area contributed by atoms with E-state index in [1.165, 1.54) is 30.0 Å². The van der Waals surface area contributed by atoms with Crippen LogP contribution in [0.25, 0.3) is 0 Å². The summed E-state index contributed by atoms with van der Waals surface area (Å²) in [5.74, 6) is 4.67. The van der Waals surface area contributed by atoms with E-state index in [0.29, 0.717) is 5.75 Å². The fourth-order valence-electron chi connectivity index (χ4n) is 1.77. The molecule has 2 nitrogen and oxygen atoms in total. The van der Waals surface area contributed by atoms with Gasteiger partial charge in [0.15, 0.2) is 0 Å². The molecule has 0 aliphatic rings. The van der Waals surface area contributed by atoms with E-state index in [2.05, 4.69) is 21.4 Å². The standard InChI is InChI=1S/C14H13BrF2N2S/c15-9-4-6-10(7-5-9)20-8-13(19-18)14-11(16)2-1-3-12(14)17/h1-7,13,19H,8,18H2. The summed E-state index contributed by atoms with van der Waals surface area (Å²) in [5, 5.41) is 0. The van der Waals surface area contributed by atoms with Crippen LogP contribution < -0.4 is 11.3 Å². The van der Waals surface area contributed by atoms with Gasteiger partial charge in [0.2, 0.25) is 0 Å². The van der Waals surface area contributed by atoms with Gasteiger partial charge in [0, 0.05) is 20.7 Å². The van der Waals surface area contributed by atoms with E-state index in [1.54, 1.807) is 0 Å². The monoisotopic (exact) mass is 358 g/mol. The van der Waals surface area contributed by atoms with Gasteiger partial charge in [0.25, 0.3) is 0 Å². The predicted molar refractivity (Wildman–Crippen MR) is 81.3 cm³/mol. The van der Waals surface area contributed by atoms with Gasteiger partial charge in [-0.25, -0.2) is 8.78 Å². The van der Waals surface area contributed by atoms with Gasteiger partial charge in [-0.2, -0.15) is 0 Å². The van der Waals surface area contributed by atoms with Crippen LogP contribution in [0.2, 0.25) is 0 Å². The smallest absolute Gasteiger partial charge is 0.130 e. The minimum Gasteiger partial charge on any atom is -0.271 e. The maximum absolute atomic E-state index is 13.7. The van der Waals surface area contributed by atoms with Crippen LogP contribution in [0.15, 0.2) is 51.8 Å². The van der Waals surface area contributed by atoms with Crippen molar-refractivity contribution in [3.8, 4) is 0 Å². The molecule has 2 aromatic carbocycles. The van der Waals surface area contributed by atoms with Crippen LogP contribution in [0.4, 0.5) is 8.78 Å². The molecule has 0 saturated carbocycles. The molecule has 3 N–H and O–H groups in total. The van der Waals surface area contributed by atoms with E-state index < -0.39 is 17.7 Å². The minimum absolute atomic E-state index is 0.0281. The van der Waals surface area contributed by atoms with E-state index in [0.717, 1.165) is 9.37 Å². The Labute approximate surface area is 128 Å². The first-order valence-corrected chi connectivity index (χ1v) is 7.68. The summed E-state index contributed by atoms with van der Waals surface area (Å²) in [6.45, 7) is 0. The molecule has 1 unspecified atom stereocenters. The number of halogens is 3. The Hall–Kier alpha value is -0.950. The van der Waals surface area contributed by atoms with Crippen molar-refractivity contribution in [3.63, 3.8) is 0 Å². The molecular formula is C14H13BrF2N2S. The first-order valence-electron chi connectivity index (χ1n) is 5.90. The second kappa shape index (κ2) is 7.17. The second-order valence-electron chi connectivity index (χ2n) is 4.12. The van der Waals surface area contributed by atoms with E-state index in [-0.39, 0.29) is 5.56 Å². The van der Waals surface area contributed by atoms with Crippen LogP contribution in [-0.2, 0) is 0 Å². The third kappa shape index (κ3) is 3.79. The number of nitrogens with one attached hydrogen (secondary N) is 1. The first kappa shape index (κ1) is 15.4. The molecule has 6 heteroatoms. The molecule has 0 heterocycles. The van der Waals surface area contributed by atoms with Gasteiger partial charge in [-0.1, -0.05) is 22.0 Å². The number of benzene rings is 2. The van der Waals surface area contributed by atoms with Crippen molar-refractivity contribution in [3.05, 3.63) is 64.1 Å². The van der Waals surface area contributed by atoms with Crippen LogP contribution >= 0.6 is 27.7 Å². The number of nitrogens with two attached hydrogens (primary N) is 1. The summed E-state index contributed by atoms with van der Waals surface area (Å²) in [5.41, 5.74) is 2.44. The van der Waals surface area contributed by atoms with Crippen molar-refractivity contribution in [2.75, 3.05) is 5.75 Å². The average molecular weight is 359 g/mol. The lowest BCUT2D eigenvalue weighted by Crippen LogP contribution is -2.31. The highest BCUT2D eigenvalue weighted by Gasteiger charge is 2.19. The fourth-order valence-corrected chi connectivity index (χ4v) is 2.98. The molecular weight excluding hydrogens is 346 g/mol. The summed E-state index contributed by atoms with van der Waals surface area (Å²) >= 11 is 4.83. The summed E-state index contributed by atoms with van der Waals surface area (Å²) < 4.78 is 28.4. The molecule has 0 aromatic heterocycles. The SMILES string of the molecule is NNC(CSc1ccc(Br)cc1)c1c(F)cccc1F. The van der Waals surface area contributed by atoms with Gasteiger partial charge in [-0.05, 0) is 36.4 Å². The first-order chi connectivity index (χ1) is 9.61. The Morgan fingerprint density at radius 2 is 1.70 bits per heavy atom. The number of hydrazine groups is 1. The lowest BCUT2D eigenvalue weighted by Gasteiger charge is -2.17. The molecule has 0 fully saturated rings. The molecule has 0 radical (unpaired) electrons. The van der Waals surface area contributed by atoms with Gasteiger partial charge >= 0.3 is 0 Å². The molecule has 2 aromatic rings. The lowest BCUT2D eigenvalue weighted by atomic mass is 10.1. The Kier molecular flexibility index (Phi) is 5.54. The quantitative estimate of drug-likeness (QED) is 0.481. The Balaban J connectivity index is 2.11. The zero-order valence-corrected chi connectivity index (χ0v) is 12.8. The number of hydrogen-bond acceptors (Lipinski definition) is 3. The summed E-state index contributed by atoms with van der Waals surface area (Å²) in [4.78, 5) is 1.00. The second-order valence-corrected chi connectivity index (χ2v) is 6.13. The third-order valence-corrected chi connectivity index (χ3v) is 4.41. The Morgan fingerprint density at radius 3 is 2.25 bits per heavy atom. The molecule has 0 saturated heterocycles. The van der Waals surface area contributed by atoms with Crippen molar-refractivity contribution in [1.82, 2.24) is 5.43 Å². The molecule has 1 atom stereocenters. The van der Waals surface area contributed by atoms with Gasteiger partial charge in [0.1, 0.15) is 11.6 Å². The van der Waals surface area contributed by atoms with Crippen LogP contribution in [0, 0.1) is 11.6 Å². The predicted octanol–water partition coefficient (Wildman–Crippen LogP) is 4.02. The van der Waals surface area contributed by atoms with Crippen LogP contribution in [0.3, 0.4) is 0 Å². The Bertz CT molecular complexity index is 558. The van der Waals surface area contributed by atoms with Gasteiger partial charge in [-0.15, -0.1) is 11.8 Å². The van der Waals surface area contributed by atoms with Gasteiger partial charge in [0.05, 0.1) is 6.04 Å². The normalized spacial score (nSPS) is 12.4. The summed E-state index contributed by atoms with van der Waals surface area (Å²) in [7, 11) is 0. The average Bonchev–Trinajstić information content (AvgIpc) is 2.44. The number of hydrogen-bond donors (Lipinski definition) is 2. The van der Waals surface area contributed by atoms with Crippen molar-refractivity contribution in [1.29, 1.82) is 0 Å². The molecule has 0 aliphatic carbocycles. The van der Waals surface area contributed by atoms with Gasteiger partial charge < -0.3 is 0 Å². The topological polar surface area (TPSA) is 38.0 Å². The van der Waals surface area contributed by atoms with Crippen molar-refractivity contribution >= 4 is 27.7 Å². The highest BCUT2D eigenvalue weighted by Crippen LogP contribution is 2.28. The fraction of sp³-hybridized carbons (Fsp3) is 0.143. The van der Waals surface area contributed by atoms with E-state index >= 15 is 0 Å². The van der Waals surface area contributed by atoms with E-state index in [4.69, 9.17) is 5.84 Å². The highest BCUT2D eigenvalue weighted by molar-refractivity contribution is 9.10. The molecule has 106 valence electrons. The minimum atomic E-state index is -0.593. The highest BCUT2D eigenvalue weighted by atomic mass is 79.9. The third-order valence-electron chi connectivity index (χ3n) is 2.78. The number of thioether (sulfide) groups is 1. The largest absolute Gasteiger partial charge is 0.271 e. The van der Waals surface area contributed by atoms with Crippen molar-refractivity contribution in [2.24, 2.45) is 5.84 Å². The molecule has 20 heavy (non-hydrogen) atoms. The maximum atomic E-state index is 13.7. The molecule has 0 aliphatic heterocycles. The molecule has 0 bridgehead atoms. The zero-order valence-electron chi connectivity index (χ0n) is 10.4.